The topological polar surface area (TPSA) is 155 Å². The van der Waals surface area contributed by atoms with Gasteiger partial charge in [-0.3, -0.25) is 0 Å². The third-order valence-electron chi connectivity index (χ3n) is 3.41. The summed E-state index contributed by atoms with van der Waals surface area (Å²) in [6.07, 6.45) is 1.94. The van der Waals surface area contributed by atoms with Crippen LogP contribution in [0.3, 0.4) is 0 Å². The summed E-state index contributed by atoms with van der Waals surface area (Å²) in [5.74, 6) is -1.65. The zero-order chi connectivity index (χ0) is 31.4. The summed E-state index contributed by atoms with van der Waals surface area (Å²) in [5.41, 5.74) is 1.20. The van der Waals surface area contributed by atoms with Crippen LogP contribution in [0.15, 0.2) is 49.1 Å². The van der Waals surface area contributed by atoms with E-state index in [2.05, 4.69) is 42.7 Å². The van der Waals surface area contributed by atoms with Gasteiger partial charge in [0.2, 0.25) is 0 Å². The number of unbranched alkanes of at least 4 members (excludes halogenated alkanes) is 1. The molecule has 0 aliphatic rings. The number of aliphatic hydroxyl groups is 2. The Morgan fingerprint density at radius 2 is 1.31 bits per heavy atom. The minimum Gasteiger partial charge on any atom is -0.462 e. The Morgan fingerprint density at radius 3 is 1.67 bits per heavy atom. The average Bonchev–Trinajstić information content (AvgIpc) is 2.86. The number of rotatable bonds is 14. The first-order valence-electron chi connectivity index (χ1n) is 12.3. The molecule has 0 saturated carbocycles. The summed E-state index contributed by atoms with van der Waals surface area (Å²) >= 11 is 0. The monoisotopic (exact) mass is 560 g/mol. The summed E-state index contributed by atoms with van der Waals surface area (Å²) in [6, 6.07) is 0. The van der Waals surface area contributed by atoms with E-state index in [0.29, 0.717) is 29.9 Å². The highest BCUT2D eigenvalue weighted by Gasteiger charge is 2.08. The molecule has 0 fully saturated rings. The van der Waals surface area contributed by atoms with E-state index in [-0.39, 0.29) is 25.8 Å². The molecule has 0 aliphatic heterocycles. The fourth-order valence-electron chi connectivity index (χ4n) is 1.48. The lowest BCUT2D eigenvalue weighted by atomic mass is 10.3. The summed E-state index contributed by atoms with van der Waals surface area (Å²) in [7, 11) is 0. The van der Waals surface area contributed by atoms with Gasteiger partial charge in [-0.2, -0.15) is 0 Å². The molecule has 0 aromatic heterocycles. The first kappa shape index (κ1) is 42.8. The molecule has 2 atom stereocenters. The molecule has 0 saturated heterocycles. The van der Waals surface area contributed by atoms with Crippen LogP contribution in [0.25, 0.3) is 0 Å². The molecule has 0 bridgehead atoms. The maximum atomic E-state index is 10.8. The summed E-state index contributed by atoms with van der Waals surface area (Å²) < 4.78 is 23.5. The zero-order valence-corrected chi connectivity index (χ0v) is 24.6. The van der Waals surface area contributed by atoms with Gasteiger partial charge in [0.15, 0.2) is 6.29 Å². The molecule has 0 aliphatic carbocycles. The van der Waals surface area contributed by atoms with Gasteiger partial charge in [-0.1, -0.05) is 39.7 Å². The highest BCUT2D eigenvalue weighted by atomic mass is 16.7. The van der Waals surface area contributed by atoms with E-state index in [9.17, 15) is 19.2 Å². The van der Waals surface area contributed by atoms with Gasteiger partial charge in [0.1, 0.15) is 13.2 Å². The highest BCUT2D eigenvalue weighted by Crippen LogP contribution is 1.99. The lowest BCUT2D eigenvalue weighted by molar-refractivity contribution is -0.169. The van der Waals surface area contributed by atoms with Gasteiger partial charge in [0.05, 0.1) is 19.3 Å². The van der Waals surface area contributed by atoms with Crippen LogP contribution in [0.1, 0.15) is 61.3 Å². The van der Waals surface area contributed by atoms with Gasteiger partial charge >= 0.3 is 23.9 Å². The van der Waals surface area contributed by atoms with Crippen molar-refractivity contribution >= 4 is 23.9 Å². The Morgan fingerprint density at radius 1 is 0.821 bits per heavy atom. The fraction of sp³-hybridized carbons (Fsp3) is 0.571. The molecule has 0 amide bonds. The largest absolute Gasteiger partial charge is 0.462 e. The van der Waals surface area contributed by atoms with Crippen molar-refractivity contribution in [2.75, 3.05) is 33.0 Å². The maximum Gasteiger partial charge on any atom is 0.335 e. The highest BCUT2D eigenvalue weighted by molar-refractivity contribution is 5.87. The average molecular weight is 561 g/mol. The second kappa shape index (κ2) is 29.3. The molecular weight excluding hydrogens is 512 g/mol. The number of carbonyl (C=O) groups is 4. The van der Waals surface area contributed by atoms with E-state index in [0.717, 1.165) is 18.9 Å². The van der Waals surface area contributed by atoms with Crippen molar-refractivity contribution in [3.8, 4) is 0 Å². The lowest BCUT2D eigenvalue weighted by Crippen LogP contribution is -2.18. The summed E-state index contributed by atoms with van der Waals surface area (Å²) in [4.78, 5) is 42.3. The van der Waals surface area contributed by atoms with Gasteiger partial charge in [-0.25, -0.2) is 19.2 Å². The SMILES string of the molecule is C=C(C)C(=O)OC(C)OCC.C=C(C)C(=O)OCC(C)O.C=C(C)C(=O)OCCCC.C=CC(=O)OCCO. The third-order valence-corrected chi connectivity index (χ3v) is 3.41. The molecule has 2 unspecified atom stereocenters. The van der Waals surface area contributed by atoms with Crippen molar-refractivity contribution < 1.29 is 53.1 Å². The molecule has 39 heavy (non-hydrogen) atoms. The number of esters is 4. The standard InChI is InChI=1S/C8H14O3.C8H14O2.C7H12O3.C5H8O3/c1-5-10-7(4)11-8(9)6(2)3;1-4-5-6-10-8(9)7(2)3;1-5(2)7(9)10-4-6(3)8;1-2-5(7)8-4-3-6/h7H,2,5H2,1,3-4H3;2,4-6H2,1,3H3;6,8H,1,4H2,2-3H3;2,6H,1,3-4H2. The third kappa shape index (κ3) is 36.9. The van der Waals surface area contributed by atoms with E-state index >= 15 is 0 Å². The quantitative estimate of drug-likeness (QED) is 0.105. The van der Waals surface area contributed by atoms with Crippen molar-refractivity contribution in [1.82, 2.24) is 0 Å². The van der Waals surface area contributed by atoms with E-state index in [1.54, 1.807) is 34.6 Å². The van der Waals surface area contributed by atoms with Crippen molar-refractivity contribution in [3.05, 3.63) is 49.1 Å². The van der Waals surface area contributed by atoms with Crippen molar-refractivity contribution in [2.24, 2.45) is 0 Å². The van der Waals surface area contributed by atoms with Crippen LogP contribution in [0.4, 0.5) is 0 Å². The van der Waals surface area contributed by atoms with Crippen molar-refractivity contribution in [2.45, 2.75) is 73.7 Å². The van der Waals surface area contributed by atoms with Crippen LogP contribution in [0, 0.1) is 0 Å². The number of carbonyl (C=O) groups excluding carboxylic acids is 4. The molecule has 11 nitrogen and oxygen atoms in total. The predicted octanol–water partition coefficient (Wildman–Crippen LogP) is 3.59. The van der Waals surface area contributed by atoms with Gasteiger partial charge in [-0.05, 0) is 48.0 Å². The Balaban J connectivity index is -0.000000211. The number of ether oxygens (including phenoxy) is 5. The molecule has 0 heterocycles. The van der Waals surface area contributed by atoms with Crippen LogP contribution >= 0.6 is 0 Å². The Bertz CT molecular complexity index is 755. The van der Waals surface area contributed by atoms with Crippen LogP contribution in [-0.4, -0.2) is 79.5 Å². The molecule has 0 spiro atoms. The molecule has 2 N–H and O–H groups in total. The van der Waals surface area contributed by atoms with Gasteiger partial charge in [0, 0.05) is 29.4 Å². The zero-order valence-electron chi connectivity index (χ0n) is 24.6. The summed E-state index contributed by atoms with van der Waals surface area (Å²) in [6.45, 7) is 26.3. The molecule has 0 radical (unpaired) electrons. The minimum absolute atomic E-state index is 0.0334. The first-order valence-corrected chi connectivity index (χ1v) is 12.3. The van der Waals surface area contributed by atoms with Gasteiger partial charge in [0.25, 0.3) is 0 Å². The van der Waals surface area contributed by atoms with E-state index in [4.69, 9.17) is 24.4 Å². The van der Waals surface area contributed by atoms with Gasteiger partial charge in [-0.15, -0.1) is 0 Å². The van der Waals surface area contributed by atoms with Crippen molar-refractivity contribution in [3.63, 3.8) is 0 Å². The normalized spacial score (nSPS) is 10.6. The predicted molar refractivity (Wildman–Crippen MR) is 148 cm³/mol. The molecule has 226 valence electrons. The molecule has 0 aromatic rings. The van der Waals surface area contributed by atoms with E-state index in [1.807, 2.05) is 6.92 Å². The Hall–Kier alpha value is -3.28. The Labute approximate surface area is 233 Å². The van der Waals surface area contributed by atoms with E-state index in [1.165, 1.54) is 0 Å². The summed E-state index contributed by atoms with van der Waals surface area (Å²) in [5, 5.41) is 16.8. The van der Waals surface area contributed by atoms with Crippen LogP contribution in [-0.2, 0) is 42.9 Å². The maximum absolute atomic E-state index is 10.8. The van der Waals surface area contributed by atoms with Crippen LogP contribution < -0.4 is 0 Å². The number of aliphatic hydroxyl groups excluding tert-OH is 2. The number of hydrogen-bond acceptors (Lipinski definition) is 11. The Kier molecular flexibility index (Phi) is 32.1. The van der Waals surface area contributed by atoms with Crippen LogP contribution in [0.2, 0.25) is 0 Å². The molecular formula is C28H48O11. The molecule has 0 aromatic carbocycles. The van der Waals surface area contributed by atoms with Crippen LogP contribution in [0.5, 0.6) is 0 Å². The van der Waals surface area contributed by atoms with E-state index < -0.39 is 30.3 Å². The molecule has 11 heteroatoms. The number of hydrogen-bond donors (Lipinski definition) is 2. The van der Waals surface area contributed by atoms with Crippen molar-refractivity contribution in [1.29, 1.82) is 0 Å². The second-order valence-electron chi connectivity index (χ2n) is 7.80. The minimum atomic E-state index is -0.608. The second-order valence-corrected chi connectivity index (χ2v) is 7.80. The molecule has 0 rings (SSSR count). The first-order chi connectivity index (χ1) is 18.1. The fourth-order valence-corrected chi connectivity index (χ4v) is 1.48. The lowest BCUT2D eigenvalue weighted by Gasteiger charge is -2.11. The smallest absolute Gasteiger partial charge is 0.335 e. The van der Waals surface area contributed by atoms with Gasteiger partial charge < -0.3 is 33.9 Å².